The molecule has 0 bridgehead atoms. The molecule has 0 unspecified atom stereocenters. The van der Waals surface area contributed by atoms with E-state index in [1.165, 1.54) is 58.0 Å². The van der Waals surface area contributed by atoms with Crippen LogP contribution in [0.15, 0.2) is 43.7 Å². The Balaban J connectivity index is 1.47. The number of hydrogen-bond donors (Lipinski definition) is 5. The van der Waals surface area contributed by atoms with Gasteiger partial charge in [0, 0.05) is 34.1 Å². The van der Waals surface area contributed by atoms with Crippen molar-refractivity contribution in [3.8, 4) is 0 Å². The standard InChI is InChI=1S/C20H21N7O5S4/c21-4-5-33-6-9-7-35-20(23-9)36-11-8-34-18-14(17(29)27(18)15(11)19(30)31)25-16(28)13(26-32)10-2-1-3-12(22)24-10/h1-3,7,14,18,32H,4-6,8,21H2,(H2,22,24)(H,25,28)(H,30,31)/b26-13-/t14-,18-/m1/s1. The molecule has 0 spiro atoms. The van der Waals surface area contributed by atoms with Crippen molar-refractivity contribution in [1.82, 2.24) is 20.2 Å². The van der Waals surface area contributed by atoms with Crippen LogP contribution in [-0.4, -0.2) is 78.1 Å². The summed E-state index contributed by atoms with van der Waals surface area (Å²) in [6.45, 7) is 0.584. The van der Waals surface area contributed by atoms with Crippen molar-refractivity contribution in [2.75, 3.05) is 23.8 Å². The number of nitrogens with one attached hydrogen (secondary N) is 1. The number of carbonyl (C=O) groups excluding carboxylic acids is 2. The van der Waals surface area contributed by atoms with Gasteiger partial charge in [-0.25, -0.2) is 14.8 Å². The lowest BCUT2D eigenvalue weighted by molar-refractivity contribution is -0.150. The van der Waals surface area contributed by atoms with Crippen LogP contribution in [-0.2, 0) is 20.1 Å². The van der Waals surface area contributed by atoms with E-state index in [1.54, 1.807) is 11.8 Å². The fraction of sp³-hybridized carbons (Fsp3) is 0.300. The Morgan fingerprint density at radius 1 is 1.33 bits per heavy atom. The summed E-state index contributed by atoms with van der Waals surface area (Å²) in [6, 6.07) is 3.49. The molecule has 2 aromatic heterocycles. The first kappa shape index (κ1) is 26.3. The lowest BCUT2D eigenvalue weighted by atomic mass is 10.0. The molecule has 1 fully saturated rings. The highest BCUT2D eigenvalue weighted by Crippen LogP contribution is 2.45. The van der Waals surface area contributed by atoms with E-state index >= 15 is 0 Å². The lowest BCUT2D eigenvalue weighted by Gasteiger charge is -2.49. The Morgan fingerprint density at radius 3 is 2.83 bits per heavy atom. The number of carboxylic acid groups (broad SMARTS) is 1. The van der Waals surface area contributed by atoms with Crippen LogP contribution in [0.1, 0.15) is 11.4 Å². The number of thioether (sulfide) groups is 3. The minimum Gasteiger partial charge on any atom is -0.477 e. The highest BCUT2D eigenvalue weighted by Gasteiger charge is 2.54. The summed E-state index contributed by atoms with van der Waals surface area (Å²) in [5, 5.41) is 26.0. The Labute approximate surface area is 222 Å². The maximum Gasteiger partial charge on any atom is 0.353 e. The van der Waals surface area contributed by atoms with Gasteiger partial charge in [0.05, 0.1) is 5.69 Å². The molecule has 16 heteroatoms. The molecule has 2 aliphatic rings. The highest BCUT2D eigenvalue weighted by molar-refractivity contribution is 8.07. The molecular formula is C20H21N7O5S4. The number of oxime groups is 1. The monoisotopic (exact) mass is 567 g/mol. The van der Waals surface area contributed by atoms with Gasteiger partial charge in [0.2, 0.25) is 0 Å². The number of nitrogens with two attached hydrogens (primary N) is 2. The van der Waals surface area contributed by atoms with E-state index in [9.17, 15) is 24.7 Å². The Kier molecular flexibility index (Phi) is 8.40. The summed E-state index contributed by atoms with van der Waals surface area (Å²) >= 11 is 5.62. The van der Waals surface area contributed by atoms with Crippen molar-refractivity contribution in [3.63, 3.8) is 0 Å². The van der Waals surface area contributed by atoms with Gasteiger partial charge < -0.3 is 27.1 Å². The van der Waals surface area contributed by atoms with Gasteiger partial charge in [0.1, 0.15) is 28.6 Å². The fourth-order valence-corrected chi connectivity index (χ4v) is 7.69. The number of carboxylic acids is 1. The van der Waals surface area contributed by atoms with Crippen molar-refractivity contribution in [2.24, 2.45) is 10.9 Å². The largest absolute Gasteiger partial charge is 0.477 e. The van der Waals surface area contributed by atoms with E-state index in [4.69, 9.17) is 11.5 Å². The Bertz CT molecular complexity index is 1250. The number of anilines is 1. The summed E-state index contributed by atoms with van der Waals surface area (Å²) < 4.78 is 0.683. The number of pyridine rings is 1. The number of β-lactam (4-membered cyclic amide) rings is 1. The van der Waals surface area contributed by atoms with Crippen molar-refractivity contribution < 1.29 is 24.7 Å². The predicted molar refractivity (Wildman–Crippen MR) is 140 cm³/mol. The van der Waals surface area contributed by atoms with Gasteiger partial charge in [-0.1, -0.05) is 23.0 Å². The van der Waals surface area contributed by atoms with Crippen LogP contribution in [0.4, 0.5) is 5.82 Å². The number of rotatable bonds is 10. The minimum absolute atomic E-state index is 0.0315. The van der Waals surface area contributed by atoms with Gasteiger partial charge in [-0.15, -0.1) is 23.1 Å². The van der Waals surface area contributed by atoms with Crippen LogP contribution >= 0.6 is 46.6 Å². The van der Waals surface area contributed by atoms with Crippen LogP contribution in [0.2, 0.25) is 0 Å². The van der Waals surface area contributed by atoms with Gasteiger partial charge in [-0.05, 0) is 12.1 Å². The SMILES string of the molecule is NCCSCc1csc(SC2=C(C(=O)O)N3C(=O)[C@@H](NC(=O)/C(=N\O)c4cccc(N)n4)[C@H]3SC2)n1. The molecule has 0 aliphatic carbocycles. The van der Waals surface area contributed by atoms with Crippen molar-refractivity contribution in [2.45, 2.75) is 21.5 Å². The molecule has 36 heavy (non-hydrogen) atoms. The maximum atomic E-state index is 12.9. The smallest absolute Gasteiger partial charge is 0.353 e. The predicted octanol–water partition coefficient (Wildman–Crippen LogP) is 0.979. The van der Waals surface area contributed by atoms with Crippen LogP contribution in [0, 0.1) is 0 Å². The summed E-state index contributed by atoms with van der Waals surface area (Å²) in [7, 11) is 0. The van der Waals surface area contributed by atoms with E-state index in [0.29, 0.717) is 27.3 Å². The van der Waals surface area contributed by atoms with E-state index < -0.39 is 34.9 Å². The summed E-state index contributed by atoms with van der Waals surface area (Å²) in [4.78, 5) is 47.9. The third-order valence-electron chi connectivity index (χ3n) is 5.00. The molecule has 0 saturated carbocycles. The summed E-state index contributed by atoms with van der Waals surface area (Å²) in [5.41, 5.74) is 11.5. The van der Waals surface area contributed by atoms with Crippen LogP contribution in [0.5, 0.6) is 0 Å². The third-order valence-corrected chi connectivity index (χ3v) is 9.56. The number of aliphatic carboxylic acids is 1. The zero-order valence-corrected chi connectivity index (χ0v) is 21.8. The Morgan fingerprint density at radius 2 is 2.14 bits per heavy atom. The second-order valence-electron chi connectivity index (χ2n) is 7.38. The van der Waals surface area contributed by atoms with Crippen molar-refractivity contribution in [3.05, 3.63) is 45.6 Å². The maximum absolute atomic E-state index is 12.9. The zero-order chi connectivity index (χ0) is 25.8. The number of nitrogens with zero attached hydrogens (tertiary/aromatic N) is 4. The van der Waals surface area contributed by atoms with Gasteiger partial charge in [0.25, 0.3) is 11.8 Å². The first-order valence-electron chi connectivity index (χ1n) is 10.4. The van der Waals surface area contributed by atoms with Gasteiger partial charge in [0.15, 0.2) is 10.1 Å². The first-order chi connectivity index (χ1) is 17.3. The molecule has 2 amide bonds. The number of nitrogen functional groups attached to an aromatic ring is 1. The average molecular weight is 568 g/mol. The van der Waals surface area contributed by atoms with Crippen molar-refractivity contribution in [1.29, 1.82) is 0 Å². The summed E-state index contributed by atoms with van der Waals surface area (Å²) in [5.74, 6) is -0.669. The second-order valence-corrected chi connectivity index (χ2v) is 11.8. The third kappa shape index (κ3) is 5.46. The number of thiazole rings is 1. The molecule has 0 radical (unpaired) electrons. The number of hydrogen-bond acceptors (Lipinski definition) is 13. The number of fused-ring (bicyclic) bond motifs is 1. The van der Waals surface area contributed by atoms with E-state index in [1.807, 2.05) is 5.38 Å². The zero-order valence-electron chi connectivity index (χ0n) is 18.5. The van der Waals surface area contributed by atoms with Crippen LogP contribution in [0.3, 0.4) is 0 Å². The van der Waals surface area contributed by atoms with Gasteiger partial charge >= 0.3 is 5.97 Å². The number of aromatic nitrogens is 2. The average Bonchev–Trinajstić information content (AvgIpc) is 3.30. The fourth-order valence-electron chi connectivity index (χ4n) is 3.44. The summed E-state index contributed by atoms with van der Waals surface area (Å²) in [6.07, 6.45) is 0. The molecule has 4 rings (SSSR count). The lowest BCUT2D eigenvalue weighted by Crippen LogP contribution is -2.71. The first-order valence-corrected chi connectivity index (χ1v) is 14.3. The highest BCUT2D eigenvalue weighted by atomic mass is 32.2. The van der Waals surface area contributed by atoms with Crippen LogP contribution < -0.4 is 16.8 Å². The topological polar surface area (TPSA) is 197 Å². The molecule has 2 aromatic rings. The van der Waals surface area contributed by atoms with Gasteiger partial charge in [-0.2, -0.15) is 11.8 Å². The number of amides is 2. The van der Waals surface area contributed by atoms with E-state index in [2.05, 4.69) is 20.4 Å². The minimum atomic E-state index is -1.24. The van der Waals surface area contributed by atoms with Crippen LogP contribution in [0.25, 0.3) is 0 Å². The molecule has 1 saturated heterocycles. The molecular weight excluding hydrogens is 547 g/mol. The quantitative estimate of drug-likeness (QED) is 0.0898. The number of carbonyl (C=O) groups is 3. The van der Waals surface area contributed by atoms with E-state index in [0.717, 1.165) is 11.4 Å². The van der Waals surface area contributed by atoms with E-state index in [-0.39, 0.29) is 17.2 Å². The second kappa shape index (κ2) is 11.5. The van der Waals surface area contributed by atoms with Crippen molar-refractivity contribution >= 4 is 75.9 Å². The molecule has 0 aromatic carbocycles. The molecule has 2 aliphatic heterocycles. The molecule has 190 valence electrons. The molecule has 4 heterocycles. The molecule has 7 N–H and O–H groups in total. The molecule has 2 atom stereocenters. The normalized spacial score (nSPS) is 19.6. The Hall–Kier alpha value is -2.79. The molecule has 12 nitrogen and oxygen atoms in total. The van der Waals surface area contributed by atoms with Gasteiger partial charge in [-0.3, -0.25) is 14.5 Å².